The molecule has 0 amide bonds. The maximum atomic E-state index is 3.84. The summed E-state index contributed by atoms with van der Waals surface area (Å²) in [5, 5.41) is 0. The van der Waals surface area contributed by atoms with Crippen LogP contribution >= 0.6 is 15.9 Å². The Bertz CT molecular complexity index is 293. The summed E-state index contributed by atoms with van der Waals surface area (Å²) >= 11 is 3.84. The molecule has 2 rings (SSSR count). The van der Waals surface area contributed by atoms with Gasteiger partial charge in [-0.2, -0.15) is 0 Å². The summed E-state index contributed by atoms with van der Waals surface area (Å²) < 4.78 is 0.281. The fourth-order valence-electron chi connectivity index (χ4n) is 2.01. The molecule has 0 N–H and O–H groups in total. The van der Waals surface area contributed by atoms with Gasteiger partial charge in [0.1, 0.15) is 0 Å². The summed E-state index contributed by atoms with van der Waals surface area (Å²) in [5.41, 5.74) is 3.03. The second kappa shape index (κ2) is 2.88. The van der Waals surface area contributed by atoms with Crippen molar-refractivity contribution in [3.05, 3.63) is 35.4 Å². The van der Waals surface area contributed by atoms with E-state index in [1.54, 1.807) is 0 Å². The van der Waals surface area contributed by atoms with E-state index < -0.39 is 0 Å². The van der Waals surface area contributed by atoms with Crippen molar-refractivity contribution in [1.82, 2.24) is 0 Å². The highest BCUT2D eigenvalue weighted by atomic mass is 79.9. The molecule has 0 saturated heterocycles. The molecular formula is C11H13Br. The number of halogens is 1. The maximum Gasteiger partial charge on any atom is 0.0509 e. The third-order valence-electron chi connectivity index (χ3n) is 2.85. The van der Waals surface area contributed by atoms with E-state index in [1.165, 1.54) is 30.4 Å². The highest BCUT2D eigenvalue weighted by Crippen LogP contribution is 2.46. The van der Waals surface area contributed by atoms with E-state index in [2.05, 4.69) is 47.1 Å². The van der Waals surface area contributed by atoms with Crippen LogP contribution in [0.5, 0.6) is 0 Å². The van der Waals surface area contributed by atoms with Gasteiger partial charge in [0.05, 0.1) is 4.32 Å². The first-order chi connectivity index (χ1) is 5.76. The van der Waals surface area contributed by atoms with Crippen molar-refractivity contribution < 1.29 is 0 Å². The van der Waals surface area contributed by atoms with Gasteiger partial charge in [0.2, 0.25) is 0 Å². The molecule has 1 atom stereocenters. The molecule has 12 heavy (non-hydrogen) atoms. The summed E-state index contributed by atoms with van der Waals surface area (Å²) in [6.45, 7) is 2.25. The van der Waals surface area contributed by atoms with Gasteiger partial charge in [0.15, 0.2) is 0 Å². The fourth-order valence-corrected chi connectivity index (χ4v) is 2.60. The zero-order valence-corrected chi connectivity index (χ0v) is 8.89. The van der Waals surface area contributed by atoms with Crippen LogP contribution in [0.4, 0.5) is 0 Å². The smallest absolute Gasteiger partial charge is 0.0509 e. The Morgan fingerprint density at radius 3 is 2.92 bits per heavy atom. The average molecular weight is 225 g/mol. The summed E-state index contributed by atoms with van der Waals surface area (Å²) in [5.74, 6) is 0. The summed E-state index contributed by atoms with van der Waals surface area (Å²) in [7, 11) is 0. The lowest BCUT2D eigenvalue weighted by Crippen LogP contribution is -2.11. The number of hydrogen-bond donors (Lipinski definition) is 0. The predicted molar refractivity (Wildman–Crippen MR) is 55.7 cm³/mol. The number of hydrogen-bond acceptors (Lipinski definition) is 0. The minimum atomic E-state index is 0.281. The molecule has 0 saturated carbocycles. The third-order valence-corrected chi connectivity index (χ3v) is 4.24. The number of benzene rings is 1. The molecule has 0 radical (unpaired) electrons. The van der Waals surface area contributed by atoms with Gasteiger partial charge in [-0.15, -0.1) is 0 Å². The monoisotopic (exact) mass is 224 g/mol. The molecule has 1 aliphatic rings. The Labute approximate surface area is 82.1 Å². The first-order valence-electron chi connectivity index (χ1n) is 4.53. The fraction of sp³-hybridized carbons (Fsp3) is 0.455. The first kappa shape index (κ1) is 8.31. The van der Waals surface area contributed by atoms with Gasteiger partial charge >= 0.3 is 0 Å². The molecule has 0 fully saturated rings. The lowest BCUT2D eigenvalue weighted by atomic mass is 9.99. The van der Waals surface area contributed by atoms with Crippen LogP contribution in [0.3, 0.4) is 0 Å². The van der Waals surface area contributed by atoms with Gasteiger partial charge in [-0.3, -0.25) is 0 Å². The number of alkyl halides is 1. The van der Waals surface area contributed by atoms with Gasteiger partial charge in [-0.25, -0.2) is 0 Å². The largest absolute Gasteiger partial charge is 0.0801 e. The Morgan fingerprint density at radius 2 is 2.17 bits per heavy atom. The first-order valence-corrected chi connectivity index (χ1v) is 5.33. The summed E-state index contributed by atoms with van der Waals surface area (Å²) in [6.07, 6.45) is 3.67. The lowest BCUT2D eigenvalue weighted by molar-refractivity contribution is 0.609. The maximum absolute atomic E-state index is 3.84. The van der Waals surface area contributed by atoms with Crippen molar-refractivity contribution in [2.24, 2.45) is 0 Å². The van der Waals surface area contributed by atoms with Crippen LogP contribution < -0.4 is 0 Å². The second-order valence-corrected chi connectivity index (χ2v) is 4.99. The van der Waals surface area contributed by atoms with Gasteiger partial charge in [0, 0.05) is 0 Å². The van der Waals surface area contributed by atoms with Crippen LogP contribution in [-0.2, 0) is 10.7 Å². The van der Waals surface area contributed by atoms with E-state index in [1.807, 2.05) is 0 Å². The van der Waals surface area contributed by atoms with Crippen molar-refractivity contribution in [2.75, 3.05) is 0 Å². The zero-order valence-electron chi connectivity index (χ0n) is 7.31. The topological polar surface area (TPSA) is 0 Å². The molecule has 0 heterocycles. The standard InChI is InChI=1S/C11H13Br/c1-2-11(12)8-7-9-5-3-4-6-10(9)11/h3-6H,2,7-8H2,1H3. The van der Waals surface area contributed by atoms with Crippen molar-refractivity contribution in [3.63, 3.8) is 0 Å². The van der Waals surface area contributed by atoms with Crippen molar-refractivity contribution in [3.8, 4) is 0 Å². The molecule has 1 heteroatoms. The highest BCUT2D eigenvalue weighted by molar-refractivity contribution is 9.09. The Balaban J connectivity index is 2.49. The van der Waals surface area contributed by atoms with E-state index >= 15 is 0 Å². The Morgan fingerprint density at radius 1 is 1.42 bits per heavy atom. The number of fused-ring (bicyclic) bond motifs is 1. The van der Waals surface area contributed by atoms with Crippen LogP contribution in [0.25, 0.3) is 0 Å². The van der Waals surface area contributed by atoms with Crippen LogP contribution in [0.1, 0.15) is 30.9 Å². The van der Waals surface area contributed by atoms with Crippen LogP contribution in [0.2, 0.25) is 0 Å². The SMILES string of the molecule is CCC1(Br)CCc2ccccc21. The third kappa shape index (κ3) is 1.11. The van der Waals surface area contributed by atoms with Crippen LogP contribution in [-0.4, -0.2) is 0 Å². The quantitative estimate of drug-likeness (QED) is 0.640. The molecule has 0 aromatic heterocycles. The number of aryl methyl sites for hydroxylation is 1. The molecule has 1 aliphatic carbocycles. The van der Waals surface area contributed by atoms with Gasteiger partial charge in [-0.1, -0.05) is 47.1 Å². The second-order valence-electron chi connectivity index (χ2n) is 3.48. The molecule has 0 spiro atoms. The van der Waals surface area contributed by atoms with Crippen molar-refractivity contribution >= 4 is 15.9 Å². The molecule has 0 nitrogen and oxygen atoms in total. The molecule has 64 valence electrons. The molecule has 1 unspecified atom stereocenters. The molecule has 1 aromatic rings. The number of rotatable bonds is 1. The molecule has 0 bridgehead atoms. The van der Waals surface area contributed by atoms with Gasteiger partial charge < -0.3 is 0 Å². The van der Waals surface area contributed by atoms with Crippen LogP contribution in [0, 0.1) is 0 Å². The van der Waals surface area contributed by atoms with E-state index in [-0.39, 0.29) is 4.32 Å². The van der Waals surface area contributed by atoms with E-state index in [0.29, 0.717) is 0 Å². The Hall–Kier alpha value is -0.300. The van der Waals surface area contributed by atoms with E-state index in [9.17, 15) is 0 Å². The zero-order chi connectivity index (χ0) is 8.60. The van der Waals surface area contributed by atoms with E-state index in [4.69, 9.17) is 0 Å². The van der Waals surface area contributed by atoms with Gasteiger partial charge in [0.25, 0.3) is 0 Å². The normalized spacial score (nSPS) is 27.2. The summed E-state index contributed by atoms with van der Waals surface area (Å²) in [4.78, 5) is 0. The highest BCUT2D eigenvalue weighted by Gasteiger charge is 2.33. The van der Waals surface area contributed by atoms with Crippen molar-refractivity contribution in [2.45, 2.75) is 30.5 Å². The molecular weight excluding hydrogens is 212 g/mol. The van der Waals surface area contributed by atoms with Gasteiger partial charge in [-0.05, 0) is 30.4 Å². The minimum absolute atomic E-state index is 0.281. The minimum Gasteiger partial charge on any atom is -0.0801 e. The lowest BCUT2D eigenvalue weighted by Gasteiger charge is -2.20. The Kier molecular flexibility index (Phi) is 1.99. The van der Waals surface area contributed by atoms with Crippen molar-refractivity contribution in [1.29, 1.82) is 0 Å². The van der Waals surface area contributed by atoms with Crippen LogP contribution in [0.15, 0.2) is 24.3 Å². The molecule has 1 aromatic carbocycles. The van der Waals surface area contributed by atoms with E-state index in [0.717, 1.165) is 0 Å². The predicted octanol–water partition coefficient (Wildman–Crippen LogP) is 3.63. The summed E-state index contributed by atoms with van der Waals surface area (Å²) in [6, 6.07) is 8.76. The average Bonchev–Trinajstić information content (AvgIpc) is 2.46. The molecule has 0 aliphatic heterocycles.